The van der Waals surface area contributed by atoms with Crippen molar-refractivity contribution in [3.05, 3.63) is 35.9 Å². The summed E-state index contributed by atoms with van der Waals surface area (Å²) in [6.07, 6.45) is 0.521. The Bertz CT molecular complexity index is 589. The Morgan fingerprint density at radius 3 is 2.62 bits per heavy atom. The van der Waals surface area contributed by atoms with Gasteiger partial charge in [0.2, 0.25) is 5.91 Å². The molecule has 1 aromatic rings. The normalized spacial score (nSPS) is 17.3. The Hall–Kier alpha value is -2.41. The maximum atomic E-state index is 12.3. The fraction of sp³-hybridized carbons (Fsp3) is 0.471. The first-order chi connectivity index (χ1) is 11.5. The van der Waals surface area contributed by atoms with Gasteiger partial charge in [-0.3, -0.25) is 14.5 Å². The Morgan fingerprint density at radius 2 is 1.96 bits per heavy atom. The molecular formula is C17H24N4O3. The van der Waals surface area contributed by atoms with E-state index in [-0.39, 0.29) is 24.8 Å². The van der Waals surface area contributed by atoms with Crippen LogP contribution in [0, 0.1) is 0 Å². The van der Waals surface area contributed by atoms with Gasteiger partial charge in [0.1, 0.15) is 6.04 Å². The second kappa shape index (κ2) is 8.44. The molecule has 1 atom stereocenters. The van der Waals surface area contributed by atoms with Gasteiger partial charge < -0.3 is 15.5 Å². The molecule has 0 bridgehead atoms. The van der Waals surface area contributed by atoms with Gasteiger partial charge >= 0.3 is 6.03 Å². The van der Waals surface area contributed by atoms with Gasteiger partial charge in [-0.25, -0.2) is 4.79 Å². The lowest BCUT2D eigenvalue weighted by Crippen LogP contribution is -2.34. The van der Waals surface area contributed by atoms with E-state index in [0.29, 0.717) is 13.0 Å². The third-order valence-electron chi connectivity index (χ3n) is 3.83. The molecule has 7 heteroatoms. The molecule has 0 aromatic heterocycles. The van der Waals surface area contributed by atoms with E-state index < -0.39 is 12.1 Å². The van der Waals surface area contributed by atoms with Crippen LogP contribution in [0.5, 0.6) is 0 Å². The lowest BCUT2D eigenvalue weighted by molar-refractivity contribution is -0.128. The van der Waals surface area contributed by atoms with Crippen LogP contribution in [0.25, 0.3) is 0 Å². The Balaban J connectivity index is 1.80. The zero-order valence-electron chi connectivity index (χ0n) is 14.1. The van der Waals surface area contributed by atoms with E-state index in [1.807, 2.05) is 49.3 Å². The topological polar surface area (TPSA) is 81.8 Å². The van der Waals surface area contributed by atoms with Crippen molar-refractivity contribution in [3.63, 3.8) is 0 Å². The number of amides is 4. The van der Waals surface area contributed by atoms with Gasteiger partial charge in [0, 0.05) is 19.5 Å². The van der Waals surface area contributed by atoms with Crippen molar-refractivity contribution in [1.82, 2.24) is 20.4 Å². The SMILES string of the molecule is CN(C)CCNC(=O)CC[C@H]1NC(=O)N(Cc2ccccc2)C1=O. The molecule has 0 spiro atoms. The minimum atomic E-state index is -0.624. The van der Waals surface area contributed by atoms with E-state index in [2.05, 4.69) is 10.6 Å². The number of carbonyl (C=O) groups is 3. The van der Waals surface area contributed by atoms with Crippen LogP contribution < -0.4 is 10.6 Å². The molecule has 0 unspecified atom stereocenters. The standard InChI is InChI=1S/C17H24N4O3/c1-20(2)11-10-18-15(22)9-8-14-16(23)21(17(24)19-14)12-13-6-4-3-5-7-13/h3-7,14H,8-12H2,1-2H3,(H,18,22)(H,19,24)/t14-/m1/s1. The van der Waals surface area contributed by atoms with Gasteiger partial charge in [-0.1, -0.05) is 30.3 Å². The lowest BCUT2D eigenvalue weighted by Gasteiger charge is -2.13. The van der Waals surface area contributed by atoms with Gasteiger partial charge in [0.15, 0.2) is 0 Å². The number of urea groups is 1. The average molecular weight is 332 g/mol. The van der Waals surface area contributed by atoms with Crippen molar-refractivity contribution in [2.75, 3.05) is 27.2 Å². The maximum absolute atomic E-state index is 12.3. The van der Waals surface area contributed by atoms with E-state index in [9.17, 15) is 14.4 Å². The Labute approximate surface area is 142 Å². The molecule has 1 heterocycles. The summed E-state index contributed by atoms with van der Waals surface area (Å²) in [4.78, 5) is 39.3. The first-order valence-corrected chi connectivity index (χ1v) is 8.04. The number of rotatable bonds is 8. The monoisotopic (exact) mass is 332 g/mol. The highest BCUT2D eigenvalue weighted by molar-refractivity contribution is 6.04. The van der Waals surface area contributed by atoms with Crippen molar-refractivity contribution in [2.24, 2.45) is 0 Å². The Morgan fingerprint density at radius 1 is 1.25 bits per heavy atom. The molecule has 130 valence electrons. The molecular weight excluding hydrogens is 308 g/mol. The smallest absolute Gasteiger partial charge is 0.325 e. The summed E-state index contributed by atoms with van der Waals surface area (Å²) in [5.41, 5.74) is 0.892. The number of benzene rings is 1. The molecule has 0 radical (unpaired) electrons. The maximum Gasteiger partial charge on any atom is 0.325 e. The number of hydrogen-bond acceptors (Lipinski definition) is 4. The van der Waals surface area contributed by atoms with E-state index in [1.165, 1.54) is 4.90 Å². The summed E-state index contributed by atoms with van der Waals surface area (Å²) >= 11 is 0. The van der Waals surface area contributed by atoms with Crippen molar-refractivity contribution >= 4 is 17.8 Å². The predicted octanol–water partition coefficient (Wildman–Crippen LogP) is 0.565. The minimum Gasteiger partial charge on any atom is -0.355 e. The highest BCUT2D eigenvalue weighted by Gasteiger charge is 2.37. The predicted molar refractivity (Wildman–Crippen MR) is 90.1 cm³/mol. The summed E-state index contributed by atoms with van der Waals surface area (Å²) in [5, 5.41) is 5.45. The van der Waals surface area contributed by atoms with Crippen LogP contribution in [-0.4, -0.2) is 60.9 Å². The van der Waals surface area contributed by atoms with Gasteiger partial charge in [-0.05, 0) is 26.1 Å². The van der Waals surface area contributed by atoms with E-state index in [4.69, 9.17) is 0 Å². The number of carbonyl (C=O) groups excluding carboxylic acids is 3. The zero-order valence-corrected chi connectivity index (χ0v) is 14.1. The minimum absolute atomic E-state index is 0.111. The lowest BCUT2D eigenvalue weighted by atomic mass is 10.1. The number of nitrogens with one attached hydrogen (secondary N) is 2. The van der Waals surface area contributed by atoms with Crippen molar-refractivity contribution in [3.8, 4) is 0 Å². The van der Waals surface area contributed by atoms with Gasteiger partial charge in [-0.2, -0.15) is 0 Å². The highest BCUT2D eigenvalue weighted by Crippen LogP contribution is 2.14. The van der Waals surface area contributed by atoms with Gasteiger partial charge in [0.25, 0.3) is 5.91 Å². The van der Waals surface area contributed by atoms with Crippen LogP contribution in [-0.2, 0) is 16.1 Å². The number of likely N-dealkylation sites (N-methyl/N-ethyl adjacent to an activating group) is 1. The van der Waals surface area contributed by atoms with E-state index in [1.54, 1.807) is 0 Å². The van der Waals surface area contributed by atoms with Crippen LogP contribution in [0.2, 0.25) is 0 Å². The number of nitrogens with zero attached hydrogens (tertiary/aromatic N) is 2. The third kappa shape index (κ3) is 5.06. The van der Waals surface area contributed by atoms with Gasteiger partial charge in [-0.15, -0.1) is 0 Å². The molecule has 2 rings (SSSR count). The fourth-order valence-electron chi connectivity index (χ4n) is 2.47. The molecule has 1 aliphatic heterocycles. The van der Waals surface area contributed by atoms with Gasteiger partial charge in [0.05, 0.1) is 6.54 Å². The molecule has 1 fully saturated rings. The fourth-order valence-corrected chi connectivity index (χ4v) is 2.47. The van der Waals surface area contributed by atoms with Crippen LogP contribution in [0.4, 0.5) is 4.79 Å². The highest BCUT2D eigenvalue weighted by atomic mass is 16.2. The van der Waals surface area contributed by atoms with Crippen LogP contribution in [0.15, 0.2) is 30.3 Å². The van der Waals surface area contributed by atoms with Crippen LogP contribution in [0.1, 0.15) is 18.4 Å². The van der Waals surface area contributed by atoms with E-state index >= 15 is 0 Å². The second-order valence-corrected chi connectivity index (χ2v) is 6.10. The molecule has 0 saturated carbocycles. The molecule has 1 saturated heterocycles. The summed E-state index contributed by atoms with van der Waals surface area (Å²) in [6, 6.07) is 8.32. The summed E-state index contributed by atoms with van der Waals surface area (Å²) in [5.74, 6) is -0.384. The summed E-state index contributed by atoms with van der Waals surface area (Å²) in [7, 11) is 3.86. The van der Waals surface area contributed by atoms with Crippen molar-refractivity contribution in [1.29, 1.82) is 0 Å². The summed E-state index contributed by atoms with van der Waals surface area (Å²) in [6.45, 7) is 1.57. The molecule has 1 aliphatic rings. The second-order valence-electron chi connectivity index (χ2n) is 6.10. The van der Waals surface area contributed by atoms with Crippen molar-refractivity contribution in [2.45, 2.75) is 25.4 Å². The molecule has 1 aromatic carbocycles. The molecule has 24 heavy (non-hydrogen) atoms. The molecule has 4 amide bonds. The van der Waals surface area contributed by atoms with Crippen LogP contribution >= 0.6 is 0 Å². The van der Waals surface area contributed by atoms with E-state index in [0.717, 1.165) is 12.1 Å². The van der Waals surface area contributed by atoms with Crippen LogP contribution in [0.3, 0.4) is 0 Å². The molecule has 7 nitrogen and oxygen atoms in total. The largest absolute Gasteiger partial charge is 0.355 e. The quantitative estimate of drug-likeness (QED) is 0.682. The summed E-state index contributed by atoms with van der Waals surface area (Å²) < 4.78 is 0. The average Bonchev–Trinajstić information content (AvgIpc) is 2.81. The number of hydrogen-bond donors (Lipinski definition) is 2. The Kier molecular flexibility index (Phi) is 6.31. The first kappa shape index (κ1) is 17.9. The third-order valence-corrected chi connectivity index (χ3v) is 3.83. The number of imide groups is 1. The first-order valence-electron chi connectivity index (χ1n) is 8.04. The molecule has 0 aliphatic carbocycles. The zero-order chi connectivity index (χ0) is 17.5. The molecule has 2 N–H and O–H groups in total. The van der Waals surface area contributed by atoms with Crippen molar-refractivity contribution < 1.29 is 14.4 Å².